The van der Waals surface area contributed by atoms with Gasteiger partial charge in [0.2, 0.25) is 6.29 Å². The quantitative estimate of drug-likeness (QED) is 0.368. The third-order valence-electron chi connectivity index (χ3n) is 2.44. The Kier molecular flexibility index (Phi) is 8.29. The number of carboxylic acid groups (broad SMARTS) is 1. The van der Waals surface area contributed by atoms with Crippen LogP contribution in [0.1, 0.15) is 39.5 Å². The summed E-state index contributed by atoms with van der Waals surface area (Å²) in [5.74, 6) is -2.60. The zero-order valence-electron chi connectivity index (χ0n) is 11.8. The van der Waals surface area contributed by atoms with E-state index in [9.17, 15) is 9.59 Å². The molecular formula is C12H22O7. The molecule has 0 aliphatic heterocycles. The van der Waals surface area contributed by atoms with E-state index in [0.717, 1.165) is 0 Å². The first-order valence-corrected chi connectivity index (χ1v) is 6.02. The van der Waals surface area contributed by atoms with Crippen molar-refractivity contribution in [2.45, 2.75) is 51.8 Å². The summed E-state index contributed by atoms with van der Waals surface area (Å²) >= 11 is 0. The summed E-state index contributed by atoms with van der Waals surface area (Å²) in [4.78, 5) is 21.7. The fourth-order valence-electron chi connectivity index (χ4n) is 1.29. The lowest BCUT2D eigenvalue weighted by Gasteiger charge is -2.28. The van der Waals surface area contributed by atoms with Crippen LogP contribution in [0.25, 0.3) is 0 Å². The van der Waals surface area contributed by atoms with Crippen LogP contribution in [0.5, 0.6) is 0 Å². The molecule has 0 aromatic rings. The molecule has 0 amide bonds. The molecule has 19 heavy (non-hydrogen) atoms. The molecule has 0 aromatic carbocycles. The highest BCUT2D eigenvalue weighted by molar-refractivity contribution is 5.69. The molecule has 1 atom stereocenters. The second-order valence-electron chi connectivity index (χ2n) is 4.05. The van der Waals surface area contributed by atoms with Crippen molar-refractivity contribution >= 4 is 11.9 Å². The van der Waals surface area contributed by atoms with Gasteiger partial charge in [-0.05, 0) is 19.8 Å². The molecule has 0 spiro atoms. The summed E-state index contributed by atoms with van der Waals surface area (Å²) in [5.41, 5.74) is 0. The summed E-state index contributed by atoms with van der Waals surface area (Å²) in [7, 11) is 2.81. The van der Waals surface area contributed by atoms with Gasteiger partial charge >= 0.3 is 11.9 Å². The molecule has 7 nitrogen and oxygen atoms in total. The van der Waals surface area contributed by atoms with E-state index >= 15 is 0 Å². The Labute approximate surface area is 112 Å². The summed E-state index contributed by atoms with van der Waals surface area (Å²) in [6, 6.07) is 0. The third-order valence-corrected chi connectivity index (χ3v) is 2.44. The van der Waals surface area contributed by atoms with E-state index in [1.165, 1.54) is 14.2 Å². The second-order valence-corrected chi connectivity index (χ2v) is 4.05. The minimum atomic E-state index is -1.27. The van der Waals surface area contributed by atoms with Gasteiger partial charge < -0.3 is 19.3 Å². The zero-order valence-corrected chi connectivity index (χ0v) is 11.8. The van der Waals surface area contributed by atoms with Gasteiger partial charge in [0.25, 0.3) is 5.97 Å². The van der Waals surface area contributed by atoms with Crippen LogP contribution < -0.4 is 0 Å². The van der Waals surface area contributed by atoms with Crippen LogP contribution in [0, 0.1) is 0 Å². The topological polar surface area (TPSA) is 91.3 Å². The van der Waals surface area contributed by atoms with Gasteiger partial charge in [-0.3, -0.25) is 14.3 Å². The first-order chi connectivity index (χ1) is 8.83. The highest BCUT2D eigenvalue weighted by atomic mass is 16.9. The molecule has 0 aliphatic rings. The second kappa shape index (κ2) is 8.84. The largest absolute Gasteiger partial charge is 0.481 e. The molecule has 0 aliphatic carbocycles. The standard InChI is InChI=1S/C12H22O7/c1-9(19-12(2,16-3)17-4)18-11(15)8-6-5-7-10(13)14/h9H,5-8H2,1-4H3,(H,13,14). The van der Waals surface area contributed by atoms with Gasteiger partial charge in [-0.15, -0.1) is 0 Å². The van der Waals surface area contributed by atoms with Gasteiger partial charge in [-0.25, -0.2) is 0 Å². The molecule has 0 fully saturated rings. The fraction of sp³-hybridized carbons (Fsp3) is 0.833. The monoisotopic (exact) mass is 278 g/mol. The molecule has 1 N–H and O–H groups in total. The summed E-state index contributed by atoms with van der Waals surface area (Å²) in [5, 5.41) is 8.44. The van der Waals surface area contributed by atoms with Crippen molar-refractivity contribution in [3.8, 4) is 0 Å². The number of rotatable bonds is 10. The number of carbonyl (C=O) groups excluding carboxylic acids is 1. The van der Waals surface area contributed by atoms with Gasteiger partial charge in [-0.2, -0.15) is 0 Å². The predicted molar refractivity (Wildman–Crippen MR) is 65.2 cm³/mol. The van der Waals surface area contributed by atoms with Gasteiger partial charge in [0.1, 0.15) is 0 Å². The van der Waals surface area contributed by atoms with E-state index in [4.69, 9.17) is 24.1 Å². The molecule has 0 bridgehead atoms. The SMILES string of the molecule is COC(C)(OC)OC(C)OC(=O)CCCCC(=O)O. The third kappa shape index (κ3) is 8.52. The summed E-state index contributed by atoms with van der Waals surface area (Å²) < 4.78 is 20.2. The average Bonchev–Trinajstić information content (AvgIpc) is 2.34. The lowest BCUT2D eigenvalue weighted by atomic mass is 10.2. The summed E-state index contributed by atoms with van der Waals surface area (Å²) in [6.45, 7) is 3.09. The minimum absolute atomic E-state index is 0.0464. The van der Waals surface area contributed by atoms with Gasteiger partial charge in [0.15, 0.2) is 0 Å². The van der Waals surface area contributed by atoms with Gasteiger partial charge in [0.05, 0.1) is 0 Å². The Hall–Kier alpha value is -1.18. The van der Waals surface area contributed by atoms with Crippen LogP contribution in [0.15, 0.2) is 0 Å². The predicted octanol–water partition coefficient (Wildman–Crippen LogP) is 1.50. The number of aliphatic carboxylic acids is 1. The molecule has 7 heteroatoms. The number of unbranched alkanes of at least 4 members (excludes halogenated alkanes) is 1. The van der Waals surface area contributed by atoms with Crippen LogP contribution in [0.4, 0.5) is 0 Å². The van der Waals surface area contributed by atoms with Crippen molar-refractivity contribution in [2.24, 2.45) is 0 Å². The van der Waals surface area contributed by atoms with Crippen LogP contribution >= 0.6 is 0 Å². The van der Waals surface area contributed by atoms with Crippen LogP contribution in [-0.2, 0) is 28.5 Å². The number of carboxylic acids is 1. The maximum atomic E-state index is 11.4. The van der Waals surface area contributed by atoms with Crippen molar-refractivity contribution in [2.75, 3.05) is 14.2 Å². The molecule has 0 heterocycles. The van der Waals surface area contributed by atoms with Crippen LogP contribution in [0.3, 0.4) is 0 Å². The normalized spacial score (nSPS) is 13.1. The van der Waals surface area contributed by atoms with Gasteiger partial charge in [-0.1, -0.05) is 0 Å². The van der Waals surface area contributed by atoms with Crippen molar-refractivity contribution < 1.29 is 33.6 Å². The van der Waals surface area contributed by atoms with E-state index in [1.54, 1.807) is 13.8 Å². The molecule has 1 unspecified atom stereocenters. The summed E-state index contributed by atoms with van der Waals surface area (Å²) in [6.07, 6.45) is 0.275. The number of methoxy groups -OCH3 is 2. The molecule has 0 saturated carbocycles. The fourth-order valence-corrected chi connectivity index (χ4v) is 1.29. The lowest BCUT2D eigenvalue weighted by molar-refractivity contribution is -0.387. The zero-order chi connectivity index (χ0) is 14.9. The van der Waals surface area contributed by atoms with Crippen molar-refractivity contribution in [1.82, 2.24) is 0 Å². The van der Waals surface area contributed by atoms with E-state index in [2.05, 4.69) is 0 Å². The molecule has 0 rings (SSSR count). The number of hydrogen-bond acceptors (Lipinski definition) is 6. The number of ether oxygens (including phenoxy) is 4. The molecule has 0 aromatic heterocycles. The number of hydrogen-bond donors (Lipinski definition) is 1. The molecular weight excluding hydrogens is 256 g/mol. The Balaban J connectivity index is 3.89. The molecule has 0 saturated heterocycles. The Bertz CT molecular complexity index is 286. The first-order valence-electron chi connectivity index (χ1n) is 6.02. The van der Waals surface area contributed by atoms with E-state index in [0.29, 0.717) is 12.8 Å². The van der Waals surface area contributed by atoms with Gasteiger partial charge in [0, 0.05) is 34.0 Å². The highest BCUT2D eigenvalue weighted by Crippen LogP contribution is 2.15. The lowest BCUT2D eigenvalue weighted by Crippen LogP contribution is -2.38. The smallest absolute Gasteiger partial charge is 0.308 e. The Morgan fingerprint density at radius 1 is 1.16 bits per heavy atom. The van der Waals surface area contributed by atoms with Crippen molar-refractivity contribution in [3.63, 3.8) is 0 Å². The number of esters is 1. The van der Waals surface area contributed by atoms with Crippen LogP contribution in [-0.4, -0.2) is 43.5 Å². The Morgan fingerprint density at radius 2 is 1.68 bits per heavy atom. The maximum absolute atomic E-state index is 11.4. The number of carbonyl (C=O) groups is 2. The molecule has 0 radical (unpaired) electrons. The Morgan fingerprint density at radius 3 is 2.16 bits per heavy atom. The highest BCUT2D eigenvalue weighted by Gasteiger charge is 2.28. The van der Waals surface area contributed by atoms with Crippen molar-refractivity contribution in [3.05, 3.63) is 0 Å². The van der Waals surface area contributed by atoms with E-state index in [1.807, 2.05) is 0 Å². The van der Waals surface area contributed by atoms with Crippen LogP contribution in [0.2, 0.25) is 0 Å². The van der Waals surface area contributed by atoms with Crippen molar-refractivity contribution in [1.29, 1.82) is 0 Å². The van der Waals surface area contributed by atoms with E-state index < -0.39 is 24.2 Å². The maximum Gasteiger partial charge on any atom is 0.308 e. The average molecular weight is 278 g/mol. The minimum Gasteiger partial charge on any atom is -0.481 e. The first kappa shape index (κ1) is 17.8. The molecule has 112 valence electrons. The van der Waals surface area contributed by atoms with E-state index in [-0.39, 0.29) is 12.8 Å².